The van der Waals surface area contributed by atoms with E-state index in [4.69, 9.17) is 23.2 Å². The maximum absolute atomic E-state index is 6.03. The van der Waals surface area contributed by atoms with Gasteiger partial charge in [0.15, 0.2) is 0 Å². The summed E-state index contributed by atoms with van der Waals surface area (Å²) in [4.78, 5) is 3.95. The fourth-order valence-corrected chi connectivity index (χ4v) is 1.86. The van der Waals surface area contributed by atoms with E-state index in [0.29, 0.717) is 5.02 Å². The first-order valence-electron chi connectivity index (χ1n) is 5.28. The topological polar surface area (TPSA) is 24.9 Å². The highest BCUT2D eigenvalue weighted by Crippen LogP contribution is 2.25. The van der Waals surface area contributed by atoms with Gasteiger partial charge >= 0.3 is 0 Å². The molecule has 88 valence electrons. The van der Waals surface area contributed by atoms with Gasteiger partial charge in [0.25, 0.3) is 0 Å². The molecule has 0 amide bonds. The summed E-state index contributed by atoms with van der Waals surface area (Å²) >= 11 is 11.9. The predicted octanol–water partition coefficient (Wildman–Crippen LogP) is 4.56. The van der Waals surface area contributed by atoms with Gasteiger partial charge in [0, 0.05) is 23.5 Å². The second-order valence-electron chi connectivity index (χ2n) is 3.77. The Kier molecular flexibility index (Phi) is 3.87. The first kappa shape index (κ1) is 12.2. The third-order valence-electron chi connectivity index (χ3n) is 2.51. The molecule has 2 nitrogen and oxygen atoms in total. The molecule has 17 heavy (non-hydrogen) atoms. The van der Waals surface area contributed by atoms with E-state index in [1.807, 2.05) is 30.3 Å². The molecule has 1 unspecified atom stereocenters. The molecule has 1 N–H and O–H groups in total. The fraction of sp³-hybridized carbons (Fsp3) is 0.154. The number of rotatable bonds is 3. The van der Waals surface area contributed by atoms with E-state index < -0.39 is 0 Å². The molecule has 1 aromatic heterocycles. The number of halogens is 2. The first-order valence-corrected chi connectivity index (χ1v) is 6.04. The number of hydrogen-bond acceptors (Lipinski definition) is 2. The van der Waals surface area contributed by atoms with Crippen LogP contribution in [0.4, 0.5) is 5.69 Å². The number of nitrogens with one attached hydrogen (secondary N) is 1. The molecule has 4 heteroatoms. The smallest absolute Gasteiger partial charge is 0.0820 e. The largest absolute Gasteiger partial charge is 0.377 e. The highest BCUT2D eigenvalue weighted by atomic mass is 35.5. The summed E-state index contributed by atoms with van der Waals surface area (Å²) in [5, 5.41) is 4.69. The lowest BCUT2D eigenvalue weighted by Crippen LogP contribution is -2.06. The second-order valence-corrected chi connectivity index (χ2v) is 4.62. The van der Waals surface area contributed by atoms with Gasteiger partial charge in [-0.1, -0.05) is 35.3 Å². The van der Waals surface area contributed by atoms with E-state index in [-0.39, 0.29) is 6.04 Å². The third kappa shape index (κ3) is 3.11. The van der Waals surface area contributed by atoms with Crippen molar-refractivity contribution in [3.8, 4) is 0 Å². The summed E-state index contributed by atoms with van der Waals surface area (Å²) < 4.78 is 0. The minimum atomic E-state index is 0.159. The molecule has 0 aliphatic carbocycles. The van der Waals surface area contributed by atoms with Crippen molar-refractivity contribution in [3.63, 3.8) is 0 Å². The number of pyridine rings is 1. The van der Waals surface area contributed by atoms with Crippen molar-refractivity contribution in [1.29, 1.82) is 0 Å². The van der Waals surface area contributed by atoms with Crippen molar-refractivity contribution in [1.82, 2.24) is 4.98 Å². The summed E-state index contributed by atoms with van der Waals surface area (Å²) in [6.07, 6.45) is 3.33. The number of hydrogen-bond donors (Lipinski definition) is 1. The summed E-state index contributed by atoms with van der Waals surface area (Å²) in [5.41, 5.74) is 2.03. The molecule has 0 aliphatic rings. The first-order chi connectivity index (χ1) is 8.16. The zero-order valence-corrected chi connectivity index (χ0v) is 10.8. The van der Waals surface area contributed by atoms with Crippen LogP contribution in [0.2, 0.25) is 10.0 Å². The van der Waals surface area contributed by atoms with Crippen molar-refractivity contribution in [2.24, 2.45) is 0 Å². The van der Waals surface area contributed by atoms with Crippen LogP contribution in [0.15, 0.2) is 42.7 Å². The van der Waals surface area contributed by atoms with E-state index in [1.54, 1.807) is 12.4 Å². The van der Waals surface area contributed by atoms with Crippen LogP contribution in [-0.2, 0) is 0 Å². The molecule has 1 atom stereocenters. The Hall–Kier alpha value is -1.25. The molecule has 0 bridgehead atoms. The average Bonchev–Trinajstić information content (AvgIpc) is 2.33. The van der Waals surface area contributed by atoms with Crippen molar-refractivity contribution in [2.45, 2.75) is 13.0 Å². The number of nitrogens with zero attached hydrogens (tertiary/aromatic N) is 1. The predicted molar refractivity (Wildman–Crippen MR) is 72.7 cm³/mol. The number of benzene rings is 1. The Labute approximate surface area is 111 Å². The van der Waals surface area contributed by atoms with Crippen LogP contribution in [0.3, 0.4) is 0 Å². The van der Waals surface area contributed by atoms with Gasteiger partial charge in [0.1, 0.15) is 0 Å². The van der Waals surface area contributed by atoms with Crippen LogP contribution < -0.4 is 5.32 Å². The maximum Gasteiger partial charge on any atom is 0.0820 e. The maximum atomic E-state index is 6.03. The molecular weight excluding hydrogens is 255 g/mol. The van der Waals surface area contributed by atoms with Crippen LogP contribution in [0.1, 0.15) is 18.5 Å². The zero-order valence-electron chi connectivity index (χ0n) is 9.32. The summed E-state index contributed by atoms with van der Waals surface area (Å²) in [6.45, 7) is 2.07. The Bertz CT molecular complexity index is 497. The van der Waals surface area contributed by atoms with Gasteiger partial charge in [-0.3, -0.25) is 4.98 Å². The summed E-state index contributed by atoms with van der Waals surface area (Å²) in [7, 11) is 0. The average molecular weight is 267 g/mol. The number of aromatic nitrogens is 1. The highest BCUT2D eigenvalue weighted by molar-refractivity contribution is 6.33. The molecule has 0 radical (unpaired) electrons. The molecular formula is C13H12Cl2N2. The normalized spacial score (nSPS) is 12.2. The molecule has 0 aliphatic heterocycles. The van der Waals surface area contributed by atoms with Gasteiger partial charge in [-0.25, -0.2) is 0 Å². The molecule has 0 fully saturated rings. The quantitative estimate of drug-likeness (QED) is 0.881. The van der Waals surface area contributed by atoms with Gasteiger partial charge in [0.2, 0.25) is 0 Å². The van der Waals surface area contributed by atoms with E-state index in [1.165, 1.54) is 0 Å². The minimum Gasteiger partial charge on any atom is -0.377 e. The van der Waals surface area contributed by atoms with Crippen LogP contribution in [0.5, 0.6) is 0 Å². The van der Waals surface area contributed by atoms with Gasteiger partial charge in [-0.15, -0.1) is 0 Å². The Morgan fingerprint density at radius 3 is 2.47 bits per heavy atom. The van der Waals surface area contributed by atoms with Gasteiger partial charge in [0.05, 0.1) is 10.7 Å². The van der Waals surface area contributed by atoms with E-state index in [2.05, 4.69) is 17.2 Å². The van der Waals surface area contributed by atoms with Crippen molar-refractivity contribution in [2.75, 3.05) is 5.32 Å². The Morgan fingerprint density at radius 2 is 1.82 bits per heavy atom. The molecule has 1 aromatic carbocycles. The summed E-state index contributed by atoms with van der Waals surface area (Å²) in [5.74, 6) is 0. The van der Waals surface area contributed by atoms with Gasteiger partial charge in [-0.2, -0.15) is 0 Å². The van der Waals surface area contributed by atoms with Crippen molar-refractivity contribution in [3.05, 3.63) is 58.3 Å². The summed E-state index contributed by atoms with van der Waals surface area (Å²) in [6, 6.07) is 9.76. The SMILES string of the molecule is CC(Nc1ccncc1Cl)c1ccc(Cl)cc1. The van der Waals surface area contributed by atoms with Crippen LogP contribution in [0, 0.1) is 0 Å². The highest BCUT2D eigenvalue weighted by Gasteiger charge is 2.07. The van der Waals surface area contributed by atoms with E-state index >= 15 is 0 Å². The molecule has 0 saturated carbocycles. The molecule has 0 spiro atoms. The number of anilines is 1. The molecule has 2 rings (SSSR count). The second kappa shape index (κ2) is 5.39. The van der Waals surface area contributed by atoms with E-state index in [0.717, 1.165) is 16.3 Å². The van der Waals surface area contributed by atoms with Crippen molar-refractivity contribution >= 4 is 28.9 Å². The Morgan fingerprint density at radius 1 is 1.12 bits per heavy atom. The lowest BCUT2D eigenvalue weighted by atomic mass is 10.1. The van der Waals surface area contributed by atoms with Gasteiger partial charge < -0.3 is 5.32 Å². The molecule has 1 heterocycles. The van der Waals surface area contributed by atoms with Crippen LogP contribution >= 0.6 is 23.2 Å². The lowest BCUT2D eigenvalue weighted by molar-refractivity contribution is 0.884. The minimum absolute atomic E-state index is 0.159. The van der Waals surface area contributed by atoms with Crippen LogP contribution in [-0.4, -0.2) is 4.98 Å². The van der Waals surface area contributed by atoms with E-state index in [9.17, 15) is 0 Å². The Balaban J connectivity index is 2.14. The zero-order chi connectivity index (χ0) is 12.3. The molecule has 0 saturated heterocycles. The monoisotopic (exact) mass is 266 g/mol. The van der Waals surface area contributed by atoms with Crippen molar-refractivity contribution < 1.29 is 0 Å². The standard InChI is InChI=1S/C13H12Cl2N2/c1-9(10-2-4-11(14)5-3-10)17-13-6-7-16-8-12(13)15/h2-9H,1H3,(H,16,17). The van der Waals surface area contributed by atoms with Gasteiger partial charge in [-0.05, 0) is 30.7 Å². The van der Waals surface area contributed by atoms with Crippen LogP contribution in [0.25, 0.3) is 0 Å². The lowest BCUT2D eigenvalue weighted by Gasteiger charge is -2.16. The fourth-order valence-electron chi connectivity index (χ4n) is 1.56. The third-order valence-corrected chi connectivity index (χ3v) is 3.07. The molecule has 2 aromatic rings.